The van der Waals surface area contributed by atoms with Gasteiger partial charge < -0.3 is 4.74 Å². The number of ether oxygens (including phenoxy) is 1. The summed E-state index contributed by atoms with van der Waals surface area (Å²) in [4.78, 5) is 36.1. The maximum atomic E-state index is 12.4. The molecule has 2 N–H and O–H groups in total. The Kier molecular flexibility index (Phi) is 5.61. The van der Waals surface area contributed by atoms with E-state index in [1.165, 1.54) is 38.5 Å². The van der Waals surface area contributed by atoms with Crippen LogP contribution in [0.2, 0.25) is 0 Å². The SMILES string of the molecule is CCC(=O)c1ccc(OCC(=O)NNC(=O)CC23CC4CC(CC(C4)C2)C3)cc1. The molecule has 4 aliphatic rings. The molecule has 4 saturated carbocycles. The first-order valence-corrected chi connectivity index (χ1v) is 10.8. The zero-order valence-electron chi connectivity index (χ0n) is 17.0. The third kappa shape index (κ3) is 4.62. The summed E-state index contributed by atoms with van der Waals surface area (Å²) in [7, 11) is 0. The van der Waals surface area contributed by atoms with Gasteiger partial charge in [0.25, 0.3) is 5.91 Å². The Hall–Kier alpha value is -2.37. The van der Waals surface area contributed by atoms with Crippen LogP contribution >= 0.6 is 0 Å². The van der Waals surface area contributed by atoms with E-state index in [0.717, 1.165) is 17.8 Å². The van der Waals surface area contributed by atoms with Crippen molar-refractivity contribution in [3.63, 3.8) is 0 Å². The molecule has 6 nitrogen and oxygen atoms in total. The van der Waals surface area contributed by atoms with Crippen LogP contribution < -0.4 is 15.6 Å². The molecule has 1 aromatic carbocycles. The Bertz CT molecular complexity index is 751. The van der Waals surface area contributed by atoms with Crippen LogP contribution in [0.1, 0.15) is 68.6 Å². The quantitative estimate of drug-likeness (QED) is 0.544. The molecule has 156 valence electrons. The standard InChI is InChI=1S/C23H30N2O4/c1-2-20(26)18-3-5-19(6-4-18)29-14-22(28)25-24-21(27)13-23-10-15-7-16(11-23)9-17(8-15)12-23/h3-6,15-17H,2,7-14H2,1H3,(H,24,27)(H,25,28). The van der Waals surface area contributed by atoms with Gasteiger partial charge in [-0.3, -0.25) is 25.2 Å². The molecule has 4 bridgehead atoms. The molecule has 0 atom stereocenters. The van der Waals surface area contributed by atoms with E-state index < -0.39 is 5.91 Å². The van der Waals surface area contributed by atoms with E-state index in [9.17, 15) is 14.4 Å². The summed E-state index contributed by atoms with van der Waals surface area (Å²) in [6.45, 7) is 1.62. The van der Waals surface area contributed by atoms with Crippen LogP contribution in [0.5, 0.6) is 5.75 Å². The fourth-order valence-electron chi connectivity index (χ4n) is 6.16. The zero-order chi connectivity index (χ0) is 20.4. The molecule has 29 heavy (non-hydrogen) atoms. The molecular formula is C23H30N2O4. The Morgan fingerprint density at radius 1 is 0.931 bits per heavy atom. The van der Waals surface area contributed by atoms with Crippen molar-refractivity contribution in [3.8, 4) is 5.75 Å². The number of benzene rings is 1. The van der Waals surface area contributed by atoms with Crippen molar-refractivity contribution in [2.24, 2.45) is 23.2 Å². The van der Waals surface area contributed by atoms with E-state index in [4.69, 9.17) is 4.74 Å². The number of hydrogen-bond donors (Lipinski definition) is 2. The smallest absolute Gasteiger partial charge is 0.276 e. The van der Waals surface area contributed by atoms with Crippen LogP contribution in [0.15, 0.2) is 24.3 Å². The Morgan fingerprint density at radius 3 is 2.03 bits per heavy atom. The van der Waals surface area contributed by atoms with Gasteiger partial charge in [0, 0.05) is 18.4 Å². The molecule has 4 fully saturated rings. The Morgan fingerprint density at radius 2 is 1.48 bits per heavy atom. The first-order chi connectivity index (χ1) is 13.9. The molecule has 0 spiro atoms. The predicted molar refractivity (Wildman–Crippen MR) is 108 cm³/mol. The second kappa shape index (κ2) is 8.17. The van der Waals surface area contributed by atoms with Crippen molar-refractivity contribution >= 4 is 17.6 Å². The van der Waals surface area contributed by atoms with Crippen molar-refractivity contribution in [2.75, 3.05) is 6.61 Å². The van der Waals surface area contributed by atoms with Crippen molar-refractivity contribution in [3.05, 3.63) is 29.8 Å². The highest BCUT2D eigenvalue weighted by Gasteiger charge is 2.51. The van der Waals surface area contributed by atoms with Gasteiger partial charge in [0.05, 0.1) is 0 Å². The van der Waals surface area contributed by atoms with Crippen molar-refractivity contribution in [1.82, 2.24) is 10.9 Å². The summed E-state index contributed by atoms with van der Waals surface area (Å²) in [5.74, 6) is 2.46. The zero-order valence-corrected chi connectivity index (χ0v) is 17.0. The van der Waals surface area contributed by atoms with Crippen molar-refractivity contribution in [2.45, 2.75) is 58.3 Å². The van der Waals surface area contributed by atoms with E-state index >= 15 is 0 Å². The van der Waals surface area contributed by atoms with Gasteiger partial charge in [-0.15, -0.1) is 0 Å². The number of carbonyl (C=O) groups is 3. The van der Waals surface area contributed by atoms with Crippen molar-refractivity contribution < 1.29 is 19.1 Å². The van der Waals surface area contributed by atoms with E-state index in [-0.39, 0.29) is 23.7 Å². The molecule has 0 heterocycles. The molecular weight excluding hydrogens is 368 g/mol. The van der Waals surface area contributed by atoms with E-state index in [0.29, 0.717) is 24.2 Å². The molecule has 0 unspecified atom stereocenters. The number of carbonyl (C=O) groups excluding carboxylic acids is 3. The topological polar surface area (TPSA) is 84.5 Å². The van der Waals surface area contributed by atoms with Crippen LogP contribution in [-0.2, 0) is 9.59 Å². The molecule has 2 amide bonds. The van der Waals surface area contributed by atoms with Crippen LogP contribution in [0.4, 0.5) is 0 Å². The number of rotatable bonds is 7. The van der Waals surface area contributed by atoms with Crippen LogP contribution in [0, 0.1) is 23.2 Å². The summed E-state index contributed by atoms with van der Waals surface area (Å²) in [5, 5.41) is 0. The van der Waals surface area contributed by atoms with Gasteiger partial charge in [-0.2, -0.15) is 0 Å². The number of hydrogen-bond acceptors (Lipinski definition) is 4. The highest BCUT2D eigenvalue weighted by Crippen LogP contribution is 2.61. The van der Waals surface area contributed by atoms with Gasteiger partial charge in [0.2, 0.25) is 5.91 Å². The first kappa shape index (κ1) is 19.9. The fourth-order valence-corrected chi connectivity index (χ4v) is 6.16. The highest BCUT2D eigenvalue weighted by molar-refractivity contribution is 5.95. The second-order valence-electron chi connectivity index (χ2n) is 9.28. The second-order valence-corrected chi connectivity index (χ2v) is 9.28. The summed E-state index contributed by atoms with van der Waals surface area (Å²) < 4.78 is 5.43. The lowest BCUT2D eigenvalue weighted by Crippen LogP contribution is -2.50. The average Bonchev–Trinajstić information content (AvgIpc) is 2.69. The Balaban J connectivity index is 1.20. The summed E-state index contributed by atoms with van der Waals surface area (Å²) >= 11 is 0. The molecule has 6 heteroatoms. The van der Waals surface area contributed by atoms with Gasteiger partial charge in [0.15, 0.2) is 12.4 Å². The molecule has 0 aromatic heterocycles. The average molecular weight is 399 g/mol. The molecule has 0 radical (unpaired) electrons. The number of nitrogens with one attached hydrogen (secondary N) is 2. The lowest BCUT2D eigenvalue weighted by Gasteiger charge is -2.56. The Labute approximate surface area is 171 Å². The maximum absolute atomic E-state index is 12.4. The normalized spacial score (nSPS) is 29.3. The van der Waals surface area contributed by atoms with Gasteiger partial charge in [0.1, 0.15) is 5.75 Å². The minimum absolute atomic E-state index is 0.0658. The van der Waals surface area contributed by atoms with E-state index in [1.807, 2.05) is 6.92 Å². The minimum atomic E-state index is -0.405. The number of hydrazine groups is 1. The van der Waals surface area contributed by atoms with Gasteiger partial charge in [-0.25, -0.2) is 0 Å². The minimum Gasteiger partial charge on any atom is -0.484 e. The van der Waals surface area contributed by atoms with Gasteiger partial charge >= 0.3 is 0 Å². The van der Waals surface area contributed by atoms with Gasteiger partial charge in [-0.1, -0.05) is 6.92 Å². The van der Waals surface area contributed by atoms with E-state index in [2.05, 4.69) is 10.9 Å². The van der Waals surface area contributed by atoms with Gasteiger partial charge in [-0.05, 0) is 86.0 Å². The molecule has 0 aliphatic heterocycles. The third-order valence-corrected chi connectivity index (χ3v) is 6.91. The van der Waals surface area contributed by atoms with Crippen LogP contribution in [0.3, 0.4) is 0 Å². The lowest BCUT2D eigenvalue weighted by atomic mass is 9.49. The molecule has 1 aromatic rings. The van der Waals surface area contributed by atoms with Crippen molar-refractivity contribution in [1.29, 1.82) is 0 Å². The number of amides is 2. The predicted octanol–water partition coefficient (Wildman–Crippen LogP) is 3.41. The highest BCUT2D eigenvalue weighted by atomic mass is 16.5. The van der Waals surface area contributed by atoms with E-state index in [1.54, 1.807) is 24.3 Å². The maximum Gasteiger partial charge on any atom is 0.276 e. The van der Waals surface area contributed by atoms with Crippen LogP contribution in [0.25, 0.3) is 0 Å². The molecule has 4 aliphatic carbocycles. The largest absolute Gasteiger partial charge is 0.484 e. The summed E-state index contributed by atoms with van der Waals surface area (Å²) in [6, 6.07) is 6.71. The molecule has 5 rings (SSSR count). The summed E-state index contributed by atoms with van der Waals surface area (Å²) in [5.41, 5.74) is 5.80. The van der Waals surface area contributed by atoms with Crippen LogP contribution in [-0.4, -0.2) is 24.2 Å². The molecule has 0 saturated heterocycles. The number of ketones is 1. The monoisotopic (exact) mass is 398 g/mol. The lowest BCUT2D eigenvalue weighted by molar-refractivity contribution is -0.134. The summed E-state index contributed by atoms with van der Waals surface area (Å²) in [6.07, 6.45) is 8.50. The first-order valence-electron chi connectivity index (χ1n) is 10.8. The number of Topliss-reactive ketones (excluding diaryl/α,β-unsaturated/α-hetero) is 1. The third-order valence-electron chi connectivity index (χ3n) is 6.91. The fraction of sp³-hybridized carbons (Fsp3) is 0.609.